The van der Waals surface area contributed by atoms with E-state index in [1.54, 1.807) is 6.08 Å². The van der Waals surface area contributed by atoms with Crippen molar-refractivity contribution in [3.05, 3.63) is 47.5 Å². The van der Waals surface area contributed by atoms with Crippen LogP contribution >= 0.6 is 23.4 Å². The molecule has 1 fully saturated rings. The van der Waals surface area contributed by atoms with Crippen LogP contribution in [0.4, 0.5) is 0 Å². The quantitative estimate of drug-likeness (QED) is 0.772. The molecule has 0 N–H and O–H groups in total. The molecule has 2 nitrogen and oxygen atoms in total. The molecule has 0 saturated carbocycles. The lowest BCUT2D eigenvalue weighted by Gasteiger charge is -2.20. The Kier molecular flexibility index (Phi) is 5.99. The van der Waals surface area contributed by atoms with Crippen LogP contribution in [0.15, 0.2) is 36.9 Å². The van der Waals surface area contributed by atoms with Crippen LogP contribution in [0.2, 0.25) is 5.02 Å². The summed E-state index contributed by atoms with van der Waals surface area (Å²) in [6.45, 7) is 5.32. The highest BCUT2D eigenvalue weighted by molar-refractivity contribution is 7.99. The summed E-state index contributed by atoms with van der Waals surface area (Å²) in [5, 5.41) is 1.22. The van der Waals surface area contributed by atoms with Gasteiger partial charge >= 0.3 is 0 Å². The standard InChI is InChI=1S/C16H20ClNOS/c1-2-3-8-16(19)18-10-9-15(20-12-11-18)13-6-4-5-7-14(13)17/h2,4-7,15H,1,3,8-12H2. The molecular formula is C16H20ClNOS. The molecule has 1 heterocycles. The van der Waals surface area contributed by atoms with E-state index in [1.165, 1.54) is 5.56 Å². The summed E-state index contributed by atoms with van der Waals surface area (Å²) in [5.74, 6) is 1.21. The third kappa shape index (κ3) is 4.03. The Hall–Kier alpha value is -0.930. The second-order valence-electron chi connectivity index (χ2n) is 4.88. The van der Waals surface area contributed by atoms with Crippen LogP contribution in [0.25, 0.3) is 0 Å². The zero-order chi connectivity index (χ0) is 14.4. The molecule has 0 bridgehead atoms. The van der Waals surface area contributed by atoms with Gasteiger partial charge < -0.3 is 4.90 Å². The van der Waals surface area contributed by atoms with Gasteiger partial charge in [0.05, 0.1) is 0 Å². The van der Waals surface area contributed by atoms with Gasteiger partial charge in [-0.3, -0.25) is 4.79 Å². The summed E-state index contributed by atoms with van der Waals surface area (Å²) < 4.78 is 0. The number of carbonyl (C=O) groups is 1. The Labute approximate surface area is 130 Å². The Morgan fingerprint density at radius 1 is 1.45 bits per heavy atom. The molecule has 1 aliphatic rings. The SMILES string of the molecule is C=CCCC(=O)N1CCSC(c2ccccc2Cl)CC1. The number of nitrogens with zero attached hydrogens (tertiary/aromatic N) is 1. The van der Waals surface area contributed by atoms with Gasteiger partial charge in [-0.1, -0.05) is 35.9 Å². The van der Waals surface area contributed by atoms with Crippen molar-refractivity contribution in [3.8, 4) is 0 Å². The molecular weight excluding hydrogens is 290 g/mol. The fraction of sp³-hybridized carbons (Fsp3) is 0.438. The van der Waals surface area contributed by atoms with E-state index < -0.39 is 0 Å². The number of thioether (sulfide) groups is 1. The van der Waals surface area contributed by atoms with Crippen LogP contribution in [-0.2, 0) is 4.79 Å². The van der Waals surface area contributed by atoms with Crippen molar-refractivity contribution in [3.63, 3.8) is 0 Å². The highest BCUT2D eigenvalue weighted by atomic mass is 35.5. The normalized spacial score (nSPS) is 19.4. The minimum absolute atomic E-state index is 0.241. The summed E-state index contributed by atoms with van der Waals surface area (Å²) in [7, 11) is 0. The van der Waals surface area contributed by atoms with Gasteiger partial charge in [0.1, 0.15) is 0 Å². The van der Waals surface area contributed by atoms with E-state index >= 15 is 0 Å². The number of benzene rings is 1. The first-order valence-electron chi connectivity index (χ1n) is 6.97. The van der Waals surface area contributed by atoms with Crippen LogP contribution in [0, 0.1) is 0 Å². The lowest BCUT2D eigenvalue weighted by Crippen LogP contribution is -2.32. The molecule has 4 heteroatoms. The summed E-state index contributed by atoms with van der Waals surface area (Å²) >= 11 is 8.17. The Balaban J connectivity index is 1.97. The number of carbonyl (C=O) groups excluding carboxylic acids is 1. The molecule has 2 rings (SSSR count). The predicted octanol–water partition coefficient (Wildman–Crippen LogP) is 4.31. The molecule has 0 spiro atoms. The fourth-order valence-electron chi connectivity index (χ4n) is 2.39. The van der Waals surface area contributed by atoms with Crippen LogP contribution in [0.5, 0.6) is 0 Å². The van der Waals surface area contributed by atoms with Gasteiger partial charge in [0.25, 0.3) is 0 Å². The van der Waals surface area contributed by atoms with Crippen molar-refractivity contribution in [1.29, 1.82) is 0 Å². The Bertz CT molecular complexity index is 477. The van der Waals surface area contributed by atoms with Crippen molar-refractivity contribution < 1.29 is 4.79 Å². The topological polar surface area (TPSA) is 20.3 Å². The lowest BCUT2D eigenvalue weighted by molar-refractivity contribution is -0.130. The third-order valence-corrected chi connectivity index (χ3v) is 5.16. The average molecular weight is 310 g/mol. The maximum absolute atomic E-state index is 12.1. The van der Waals surface area contributed by atoms with E-state index in [4.69, 9.17) is 11.6 Å². The Morgan fingerprint density at radius 3 is 3.00 bits per heavy atom. The predicted molar refractivity (Wildman–Crippen MR) is 87.3 cm³/mol. The van der Waals surface area contributed by atoms with Gasteiger partial charge in [0, 0.05) is 35.5 Å². The number of halogens is 1. The van der Waals surface area contributed by atoms with E-state index in [1.807, 2.05) is 34.9 Å². The molecule has 1 aliphatic heterocycles. The summed E-state index contributed by atoms with van der Waals surface area (Å²) in [5.41, 5.74) is 1.19. The number of amides is 1. The van der Waals surface area contributed by atoms with Gasteiger partial charge in [-0.2, -0.15) is 11.8 Å². The number of rotatable bonds is 4. The van der Waals surface area contributed by atoms with Crippen molar-refractivity contribution in [2.75, 3.05) is 18.8 Å². The highest BCUT2D eigenvalue weighted by Crippen LogP contribution is 2.37. The van der Waals surface area contributed by atoms with E-state index in [9.17, 15) is 4.79 Å². The van der Waals surface area contributed by atoms with E-state index in [2.05, 4.69) is 12.6 Å². The summed E-state index contributed by atoms with van der Waals surface area (Å²) in [6.07, 6.45) is 4.10. The maximum atomic E-state index is 12.1. The zero-order valence-electron chi connectivity index (χ0n) is 11.6. The van der Waals surface area contributed by atoms with Crippen LogP contribution in [0.3, 0.4) is 0 Å². The Morgan fingerprint density at radius 2 is 2.25 bits per heavy atom. The zero-order valence-corrected chi connectivity index (χ0v) is 13.1. The number of allylic oxidation sites excluding steroid dienone is 1. The van der Waals surface area contributed by atoms with Gasteiger partial charge in [-0.25, -0.2) is 0 Å². The minimum Gasteiger partial charge on any atom is -0.342 e. The maximum Gasteiger partial charge on any atom is 0.222 e. The van der Waals surface area contributed by atoms with Crippen molar-refractivity contribution >= 4 is 29.3 Å². The van der Waals surface area contributed by atoms with Gasteiger partial charge in [0.15, 0.2) is 0 Å². The number of hydrogen-bond donors (Lipinski definition) is 0. The van der Waals surface area contributed by atoms with Crippen molar-refractivity contribution in [1.82, 2.24) is 4.90 Å². The third-order valence-electron chi connectivity index (χ3n) is 3.51. The number of hydrogen-bond acceptors (Lipinski definition) is 2. The second kappa shape index (κ2) is 7.75. The molecule has 108 valence electrons. The lowest BCUT2D eigenvalue weighted by atomic mass is 10.1. The first kappa shape index (κ1) is 15.5. The second-order valence-corrected chi connectivity index (χ2v) is 6.60. The minimum atomic E-state index is 0.241. The van der Waals surface area contributed by atoms with Crippen LogP contribution < -0.4 is 0 Å². The summed E-state index contributed by atoms with van der Waals surface area (Å²) in [4.78, 5) is 14.0. The first-order chi connectivity index (χ1) is 9.72. The molecule has 1 amide bonds. The van der Waals surface area contributed by atoms with Crippen molar-refractivity contribution in [2.24, 2.45) is 0 Å². The van der Waals surface area contributed by atoms with Gasteiger partial charge in [-0.05, 0) is 24.5 Å². The smallest absolute Gasteiger partial charge is 0.222 e. The van der Waals surface area contributed by atoms with E-state index in [-0.39, 0.29) is 5.91 Å². The molecule has 1 unspecified atom stereocenters. The molecule has 1 atom stereocenters. The van der Waals surface area contributed by atoms with Gasteiger partial charge in [0.2, 0.25) is 5.91 Å². The van der Waals surface area contributed by atoms with E-state index in [0.717, 1.165) is 36.7 Å². The summed E-state index contributed by atoms with van der Waals surface area (Å²) in [6, 6.07) is 8.02. The molecule has 1 aromatic carbocycles. The van der Waals surface area contributed by atoms with Gasteiger partial charge in [-0.15, -0.1) is 6.58 Å². The molecule has 1 aromatic rings. The highest BCUT2D eigenvalue weighted by Gasteiger charge is 2.22. The van der Waals surface area contributed by atoms with Crippen LogP contribution in [0.1, 0.15) is 30.1 Å². The molecule has 0 radical (unpaired) electrons. The average Bonchev–Trinajstić information content (AvgIpc) is 2.71. The molecule has 0 aliphatic carbocycles. The molecule has 20 heavy (non-hydrogen) atoms. The van der Waals surface area contributed by atoms with E-state index in [0.29, 0.717) is 11.7 Å². The largest absolute Gasteiger partial charge is 0.342 e. The molecule has 1 saturated heterocycles. The first-order valence-corrected chi connectivity index (χ1v) is 8.39. The monoisotopic (exact) mass is 309 g/mol. The van der Waals surface area contributed by atoms with Crippen LogP contribution in [-0.4, -0.2) is 29.6 Å². The fourth-order valence-corrected chi connectivity index (χ4v) is 3.99. The van der Waals surface area contributed by atoms with Crippen molar-refractivity contribution in [2.45, 2.75) is 24.5 Å². The molecule has 0 aromatic heterocycles.